The molecule has 2 aromatic rings. The molecular formula is C16H23N3OS. The van der Waals surface area contributed by atoms with E-state index in [-0.39, 0.29) is 0 Å². The Kier molecular flexibility index (Phi) is 4.29. The van der Waals surface area contributed by atoms with Crippen molar-refractivity contribution in [3.05, 3.63) is 16.8 Å². The van der Waals surface area contributed by atoms with Crippen LogP contribution in [0.2, 0.25) is 0 Å². The largest absolute Gasteiger partial charge is 0.390 e. The van der Waals surface area contributed by atoms with Gasteiger partial charge < -0.3 is 10.3 Å². The maximum absolute atomic E-state index is 6.00. The highest BCUT2D eigenvalue weighted by Crippen LogP contribution is 2.38. The van der Waals surface area contributed by atoms with Gasteiger partial charge in [0.2, 0.25) is 0 Å². The van der Waals surface area contributed by atoms with Crippen molar-refractivity contribution in [1.82, 2.24) is 10.1 Å². The van der Waals surface area contributed by atoms with Gasteiger partial charge in [0.25, 0.3) is 5.89 Å². The van der Waals surface area contributed by atoms with E-state index in [2.05, 4.69) is 17.1 Å². The molecule has 2 heterocycles. The van der Waals surface area contributed by atoms with Crippen molar-refractivity contribution < 1.29 is 4.52 Å². The zero-order valence-corrected chi connectivity index (χ0v) is 13.6. The Morgan fingerprint density at radius 2 is 2.10 bits per heavy atom. The van der Waals surface area contributed by atoms with Gasteiger partial charge in [0, 0.05) is 10.8 Å². The molecule has 2 aromatic heterocycles. The minimum absolute atomic E-state index is 0.455. The normalized spacial score (nSPS) is 22.6. The quantitative estimate of drug-likeness (QED) is 0.884. The van der Waals surface area contributed by atoms with Crippen LogP contribution in [0.15, 0.2) is 10.6 Å². The summed E-state index contributed by atoms with van der Waals surface area (Å²) in [5.41, 5.74) is 6.89. The van der Waals surface area contributed by atoms with Gasteiger partial charge in [-0.15, -0.1) is 11.3 Å². The minimum atomic E-state index is 0.455. The van der Waals surface area contributed by atoms with Crippen molar-refractivity contribution in [3.8, 4) is 11.5 Å². The van der Waals surface area contributed by atoms with Crippen LogP contribution in [-0.4, -0.2) is 10.1 Å². The standard InChI is InChI=1S/C16H23N3OS/c1-3-4-11-5-7-12(8-6-11)15-18-16(20-19-15)13-9-10(2)21-14(13)17/h9,11-12H,3-8,17H2,1-2H3. The number of anilines is 1. The Hall–Kier alpha value is -1.36. The van der Waals surface area contributed by atoms with Gasteiger partial charge in [-0.05, 0) is 44.6 Å². The number of thiophene rings is 1. The molecule has 0 bridgehead atoms. The molecule has 4 nitrogen and oxygen atoms in total. The predicted molar refractivity (Wildman–Crippen MR) is 86.4 cm³/mol. The van der Waals surface area contributed by atoms with E-state index in [0.29, 0.717) is 11.8 Å². The Bertz CT molecular complexity index is 596. The number of hydrogen-bond acceptors (Lipinski definition) is 5. The number of aromatic nitrogens is 2. The van der Waals surface area contributed by atoms with Gasteiger partial charge in [-0.3, -0.25) is 0 Å². The van der Waals surface area contributed by atoms with Crippen LogP contribution in [0.25, 0.3) is 11.5 Å². The summed E-state index contributed by atoms with van der Waals surface area (Å²) in [5, 5.41) is 4.96. The van der Waals surface area contributed by atoms with E-state index in [0.717, 1.165) is 22.3 Å². The van der Waals surface area contributed by atoms with E-state index in [1.165, 1.54) is 43.4 Å². The van der Waals surface area contributed by atoms with E-state index in [1.807, 2.05) is 13.0 Å². The average molecular weight is 305 g/mol. The second-order valence-electron chi connectivity index (χ2n) is 6.10. The summed E-state index contributed by atoms with van der Waals surface area (Å²) in [4.78, 5) is 5.77. The monoisotopic (exact) mass is 305 g/mol. The van der Waals surface area contributed by atoms with E-state index >= 15 is 0 Å². The zero-order valence-electron chi connectivity index (χ0n) is 12.8. The Labute approximate surface area is 129 Å². The van der Waals surface area contributed by atoms with Gasteiger partial charge in [-0.25, -0.2) is 0 Å². The van der Waals surface area contributed by atoms with Crippen LogP contribution in [0.3, 0.4) is 0 Å². The molecule has 21 heavy (non-hydrogen) atoms. The molecule has 0 amide bonds. The molecule has 0 aliphatic heterocycles. The molecule has 114 valence electrons. The van der Waals surface area contributed by atoms with Crippen molar-refractivity contribution in [1.29, 1.82) is 0 Å². The summed E-state index contributed by atoms with van der Waals surface area (Å²) in [6.45, 7) is 4.31. The van der Waals surface area contributed by atoms with Crippen LogP contribution in [0.1, 0.15) is 62.1 Å². The van der Waals surface area contributed by atoms with Gasteiger partial charge in [0.1, 0.15) is 0 Å². The highest BCUT2D eigenvalue weighted by atomic mass is 32.1. The Morgan fingerprint density at radius 3 is 2.71 bits per heavy atom. The van der Waals surface area contributed by atoms with E-state index in [1.54, 1.807) is 11.3 Å². The molecule has 3 rings (SSSR count). The first kappa shape index (κ1) is 14.6. The number of nitrogens with zero attached hydrogens (tertiary/aromatic N) is 2. The summed E-state index contributed by atoms with van der Waals surface area (Å²) in [5.74, 6) is 2.79. The molecule has 0 radical (unpaired) electrons. The number of hydrogen-bond donors (Lipinski definition) is 1. The van der Waals surface area contributed by atoms with Crippen molar-refractivity contribution in [2.75, 3.05) is 5.73 Å². The highest BCUT2D eigenvalue weighted by Gasteiger charge is 2.26. The molecule has 1 saturated carbocycles. The third kappa shape index (κ3) is 3.12. The topological polar surface area (TPSA) is 64.9 Å². The molecule has 0 aromatic carbocycles. The second-order valence-corrected chi connectivity index (χ2v) is 7.39. The maximum Gasteiger partial charge on any atom is 0.260 e. The molecule has 0 spiro atoms. The fourth-order valence-corrected chi connectivity index (χ4v) is 4.11. The summed E-state index contributed by atoms with van der Waals surface area (Å²) in [6.07, 6.45) is 7.60. The predicted octanol–water partition coefficient (Wildman–Crippen LogP) is 4.76. The molecular weight excluding hydrogens is 282 g/mol. The smallest absolute Gasteiger partial charge is 0.260 e. The first-order chi connectivity index (χ1) is 10.2. The van der Waals surface area contributed by atoms with Crippen LogP contribution < -0.4 is 5.73 Å². The van der Waals surface area contributed by atoms with Gasteiger partial charge in [-0.2, -0.15) is 4.98 Å². The zero-order chi connectivity index (χ0) is 14.8. The van der Waals surface area contributed by atoms with Crippen LogP contribution in [0.5, 0.6) is 0 Å². The SMILES string of the molecule is CCCC1CCC(c2noc(-c3cc(C)sc3N)n2)CC1. The lowest BCUT2D eigenvalue weighted by atomic mass is 9.80. The molecule has 5 heteroatoms. The van der Waals surface area contributed by atoms with E-state index in [9.17, 15) is 0 Å². The third-order valence-electron chi connectivity index (χ3n) is 4.46. The van der Waals surface area contributed by atoms with Crippen LogP contribution in [0.4, 0.5) is 5.00 Å². The first-order valence-corrected chi connectivity index (χ1v) is 8.69. The van der Waals surface area contributed by atoms with Gasteiger partial charge in [0.05, 0.1) is 10.6 Å². The number of nitrogen functional groups attached to an aromatic ring is 1. The van der Waals surface area contributed by atoms with E-state index < -0.39 is 0 Å². The van der Waals surface area contributed by atoms with Crippen molar-refractivity contribution in [2.45, 2.75) is 58.3 Å². The number of rotatable bonds is 4. The molecule has 1 fully saturated rings. The lowest BCUT2D eigenvalue weighted by molar-refractivity contribution is 0.296. The van der Waals surface area contributed by atoms with Gasteiger partial charge in [0.15, 0.2) is 5.82 Å². The highest BCUT2D eigenvalue weighted by molar-refractivity contribution is 7.16. The molecule has 0 unspecified atom stereocenters. The summed E-state index contributed by atoms with van der Waals surface area (Å²) >= 11 is 1.56. The molecule has 0 atom stereocenters. The maximum atomic E-state index is 6.00. The molecule has 1 aliphatic carbocycles. The summed E-state index contributed by atoms with van der Waals surface area (Å²) in [7, 11) is 0. The van der Waals surface area contributed by atoms with Crippen molar-refractivity contribution in [2.24, 2.45) is 5.92 Å². The average Bonchev–Trinajstić information content (AvgIpc) is 3.06. The van der Waals surface area contributed by atoms with E-state index in [4.69, 9.17) is 10.3 Å². The second kappa shape index (κ2) is 6.18. The van der Waals surface area contributed by atoms with Crippen LogP contribution in [-0.2, 0) is 0 Å². The van der Waals surface area contributed by atoms with Gasteiger partial charge >= 0.3 is 0 Å². The summed E-state index contributed by atoms with van der Waals surface area (Å²) < 4.78 is 5.44. The van der Waals surface area contributed by atoms with Crippen LogP contribution in [0, 0.1) is 12.8 Å². The fourth-order valence-electron chi connectivity index (χ4n) is 3.33. The van der Waals surface area contributed by atoms with Crippen molar-refractivity contribution >= 4 is 16.3 Å². The summed E-state index contributed by atoms with van der Waals surface area (Å²) in [6, 6.07) is 2.02. The minimum Gasteiger partial charge on any atom is -0.390 e. The van der Waals surface area contributed by atoms with Crippen molar-refractivity contribution in [3.63, 3.8) is 0 Å². The lowest BCUT2D eigenvalue weighted by Gasteiger charge is -2.26. The van der Waals surface area contributed by atoms with Crippen LogP contribution >= 0.6 is 11.3 Å². The Balaban J connectivity index is 1.70. The molecule has 0 saturated heterocycles. The molecule has 1 aliphatic rings. The number of aryl methyl sites for hydroxylation is 1. The first-order valence-electron chi connectivity index (χ1n) is 7.87. The molecule has 2 N–H and O–H groups in total. The lowest BCUT2D eigenvalue weighted by Crippen LogP contribution is -2.14. The number of nitrogens with two attached hydrogens (primary N) is 1. The fraction of sp³-hybridized carbons (Fsp3) is 0.625. The third-order valence-corrected chi connectivity index (χ3v) is 5.34. The Morgan fingerprint density at radius 1 is 1.33 bits per heavy atom. The van der Waals surface area contributed by atoms with Gasteiger partial charge in [-0.1, -0.05) is 24.9 Å².